The van der Waals surface area contributed by atoms with Gasteiger partial charge in [-0.1, -0.05) is 11.6 Å². The quantitative estimate of drug-likeness (QED) is 0.918. The van der Waals surface area contributed by atoms with Gasteiger partial charge in [0.25, 0.3) is 5.91 Å². The molecule has 0 bridgehead atoms. The van der Waals surface area contributed by atoms with Crippen LogP contribution in [-0.4, -0.2) is 36.1 Å². The van der Waals surface area contributed by atoms with E-state index in [2.05, 4.69) is 0 Å². The van der Waals surface area contributed by atoms with E-state index in [-0.39, 0.29) is 29.6 Å². The third kappa shape index (κ3) is 4.11. The van der Waals surface area contributed by atoms with Crippen molar-refractivity contribution in [3.63, 3.8) is 0 Å². The second kappa shape index (κ2) is 7.13. The average Bonchev–Trinajstić information content (AvgIpc) is 2.51. The Kier molecular flexibility index (Phi) is 5.22. The molecular weight excluding hydrogens is 309 g/mol. The molecule has 0 heterocycles. The van der Waals surface area contributed by atoms with Gasteiger partial charge in [-0.2, -0.15) is 0 Å². The van der Waals surface area contributed by atoms with E-state index in [4.69, 9.17) is 16.3 Å². The fraction of sp³-hybridized carbons (Fsp3) is 0.188. The molecule has 2 aromatic carbocycles. The van der Waals surface area contributed by atoms with E-state index in [9.17, 15) is 14.3 Å². The van der Waals surface area contributed by atoms with Crippen molar-refractivity contribution in [1.29, 1.82) is 0 Å². The summed E-state index contributed by atoms with van der Waals surface area (Å²) < 4.78 is 18.2. The number of hydrogen-bond acceptors (Lipinski definition) is 3. The Balaban J connectivity index is 1.91. The van der Waals surface area contributed by atoms with Crippen LogP contribution >= 0.6 is 11.6 Å². The second-order valence-electron chi connectivity index (χ2n) is 4.69. The highest BCUT2D eigenvalue weighted by Crippen LogP contribution is 2.22. The summed E-state index contributed by atoms with van der Waals surface area (Å²) in [5.41, 5.74) is 0.136. The van der Waals surface area contributed by atoms with Gasteiger partial charge in [0.05, 0.1) is 12.1 Å². The molecule has 2 aromatic rings. The van der Waals surface area contributed by atoms with Crippen molar-refractivity contribution < 1.29 is 19.0 Å². The molecule has 0 spiro atoms. The first-order valence-corrected chi connectivity index (χ1v) is 6.97. The molecule has 22 heavy (non-hydrogen) atoms. The molecule has 4 nitrogen and oxygen atoms in total. The number of carbonyl (C=O) groups excluding carboxylic acids is 1. The van der Waals surface area contributed by atoms with Crippen LogP contribution in [0, 0.1) is 5.82 Å². The second-order valence-corrected chi connectivity index (χ2v) is 5.13. The molecule has 0 radical (unpaired) electrons. The number of hydrogen-bond donors (Lipinski definition) is 1. The maximum atomic E-state index is 12.8. The van der Waals surface area contributed by atoms with Gasteiger partial charge in [0.15, 0.2) is 0 Å². The molecule has 0 fully saturated rings. The maximum absolute atomic E-state index is 12.8. The van der Waals surface area contributed by atoms with Crippen LogP contribution in [0.15, 0.2) is 42.5 Å². The molecule has 0 saturated heterocycles. The smallest absolute Gasteiger partial charge is 0.257 e. The van der Waals surface area contributed by atoms with Crippen molar-refractivity contribution in [3.8, 4) is 11.5 Å². The summed E-state index contributed by atoms with van der Waals surface area (Å²) in [7, 11) is 1.59. The van der Waals surface area contributed by atoms with Gasteiger partial charge >= 0.3 is 0 Å². The molecule has 0 aliphatic rings. The van der Waals surface area contributed by atoms with Crippen molar-refractivity contribution >= 4 is 17.5 Å². The van der Waals surface area contributed by atoms with E-state index in [1.807, 2.05) is 0 Å². The number of phenols is 1. The molecule has 0 aromatic heterocycles. The van der Waals surface area contributed by atoms with Crippen molar-refractivity contribution in [2.24, 2.45) is 0 Å². The lowest BCUT2D eigenvalue weighted by molar-refractivity contribution is 0.0771. The first kappa shape index (κ1) is 16.1. The lowest BCUT2D eigenvalue weighted by Crippen LogP contribution is -2.30. The minimum Gasteiger partial charge on any atom is -0.507 e. The molecule has 0 atom stereocenters. The number of rotatable bonds is 5. The van der Waals surface area contributed by atoms with Crippen LogP contribution in [0.4, 0.5) is 4.39 Å². The zero-order chi connectivity index (χ0) is 16.1. The molecule has 1 N–H and O–H groups in total. The Bertz CT molecular complexity index is 661. The third-order valence-electron chi connectivity index (χ3n) is 3.04. The lowest BCUT2D eigenvalue weighted by atomic mass is 10.2. The van der Waals surface area contributed by atoms with Crippen LogP contribution in [0.2, 0.25) is 5.02 Å². The van der Waals surface area contributed by atoms with Crippen LogP contribution in [-0.2, 0) is 0 Å². The van der Waals surface area contributed by atoms with Crippen molar-refractivity contribution in [3.05, 3.63) is 58.9 Å². The van der Waals surface area contributed by atoms with Crippen molar-refractivity contribution in [1.82, 2.24) is 4.90 Å². The largest absolute Gasteiger partial charge is 0.507 e. The highest BCUT2D eigenvalue weighted by molar-refractivity contribution is 6.31. The van der Waals surface area contributed by atoms with Gasteiger partial charge < -0.3 is 14.7 Å². The summed E-state index contributed by atoms with van der Waals surface area (Å²) in [6.45, 7) is 0.553. The standard InChI is InChI=1S/C16H15ClFNO3/c1-19(8-9-22-13-5-3-12(18)4-6-13)16(21)14-10-11(17)2-7-15(14)20/h2-7,10,20H,8-9H2,1H3. The van der Waals surface area contributed by atoms with Crippen molar-refractivity contribution in [2.45, 2.75) is 0 Å². The summed E-state index contributed by atoms with van der Waals surface area (Å²) in [5, 5.41) is 10.1. The molecule has 0 aliphatic carbocycles. The average molecular weight is 324 g/mol. The van der Waals surface area contributed by atoms with E-state index >= 15 is 0 Å². The van der Waals surface area contributed by atoms with E-state index in [1.165, 1.54) is 47.4 Å². The van der Waals surface area contributed by atoms with Crippen LogP contribution in [0.1, 0.15) is 10.4 Å². The molecule has 2 rings (SSSR count). The number of likely N-dealkylation sites (N-methyl/N-ethyl adjacent to an activating group) is 1. The summed E-state index contributed by atoms with van der Waals surface area (Å²) in [5.74, 6) is -0.299. The molecule has 0 aliphatic heterocycles. The normalized spacial score (nSPS) is 10.3. The monoisotopic (exact) mass is 323 g/mol. The molecule has 1 amide bonds. The maximum Gasteiger partial charge on any atom is 0.257 e. The molecule has 6 heteroatoms. The van der Waals surface area contributed by atoms with Crippen molar-refractivity contribution in [2.75, 3.05) is 20.2 Å². The number of halogens is 2. The Labute approximate surface area is 132 Å². The van der Waals surface area contributed by atoms with Gasteiger partial charge in [0, 0.05) is 12.1 Å². The Morgan fingerprint density at radius 2 is 1.95 bits per heavy atom. The number of ether oxygens (including phenoxy) is 1. The Morgan fingerprint density at radius 1 is 1.27 bits per heavy atom. The van der Waals surface area contributed by atoms with Gasteiger partial charge in [-0.15, -0.1) is 0 Å². The van der Waals surface area contributed by atoms with E-state index < -0.39 is 0 Å². The van der Waals surface area contributed by atoms with Gasteiger partial charge in [0.2, 0.25) is 0 Å². The molecule has 0 saturated carbocycles. The minimum absolute atomic E-state index is 0.124. The number of nitrogens with zero attached hydrogens (tertiary/aromatic N) is 1. The van der Waals surface area contributed by atoms with Gasteiger partial charge in [-0.05, 0) is 42.5 Å². The van der Waals surface area contributed by atoms with Gasteiger partial charge in [-0.3, -0.25) is 4.79 Å². The topological polar surface area (TPSA) is 49.8 Å². The van der Waals surface area contributed by atoms with Gasteiger partial charge in [0.1, 0.15) is 23.9 Å². The van der Waals surface area contributed by atoms with E-state index in [1.54, 1.807) is 7.05 Å². The van der Waals surface area contributed by atoms with Crippen LogP contribution < -0.4 is 4.74 Å². The predicted molar refractivity (Wildman–Crippen MR) is 82.0 cm³/mol. The Morgan fingerprint density at radius 3 is 2.64 bits per heavy atom. The summed E-state index contributed by atoms with van der Waals surface area (Å²) >= 11 is 5.83. The number of carbonyl (C=O) groups is 1. The summed E-state index contributed by atoms with van der Waals surface area (Å²) in [6.07, 6.45) is 0. The zero-order valence-electron chi connectivity index (χ0n) is 11.9. The van der Waals surface area contributed by atoms with Gasteiger partial charge in [-0.25, -0.2) is 4.39 Å². The van der Waals surface area contributed by atoms with E-state index in [0.29, 0.717) is 17.3 Å². The highest BCUT2D eigenvalue weighted by Gasteiger charge is 2.16. The van der Waals surface area contributed by atoms with Crippen LogP contribution in [0.3, 0.4) is 0 Å². The number of phenolic OH excluding ortho intramolecular Hbond substituents is 1. The predicted octanol–water partition coefficient (Wildman–Crippen LogP) is 3.34. The SMILES string of the molecule is CN(CCOc1ccc(F)cc1)C(=O)c1cc(Cl)ccc1O. The lowest BCUT2D eigenvalue weighted by Gasteiger charge is -2.18. The summed E-state index contributed by atoms with van der Waals surface area (Å²) in [6, 6.07) is 9.92. The molecule has 0 unspecified atom stereocenters. The van der Waals surface area contributed by atoms with Crippen LogP contribution in [0.5, 0.6) is 11.5 Å². The van der Waals surface area contributed by atoms with E-state index in [0.717, 1.165) is 0 Å². The third-order valence-corrected chi connectivity index (χ3v) is 3.28. The zero-order valence-corrected chi connectivity index (χ0v) is 12.7. The first-order valence-electron chi connectivity index (χ1n) is 6.59. The first-order chi connectivity index (χ1) is 10.5. The number of amides is 1. The number of aromatic hydroxyl groups is 1. The summed E-state index contributed by atoms with van der Waals surface area (Å²) in [4.78, 5) is 13.6. The minimum atomic E-state index is -0.359. The fourth-order valence-corrected chi connectivity index (χ4v) is 1.99. The van der Waals surface area contributed by atoms with Crippen LogP contribution in [0.25, 0.3) is 0 Å². The highest BCUT2D eigenvalue weighted by atomic mass is 35.5. The number of benzene rings is 2. The fourth-order valence-electron chi connectivity index (χ4n) is 1.82. The molecular formula is C16H15ClFNO3. The Hall–Kier alpha value is -2.27. The molecule has 116 valence electrons.